The van der Waals surface area contributed by atoms with E-state index in [0.717, 1.165) is 33.7 Å². The van der Waals surface area contributed by atoms with Gasteiger partial charge < -0.3 is 5.32 Å². The van der Waals surface area contributed by atoms with Crippen LogP contribution in [0, 0.1) is 6.92 Å². The smallest absolute Gasteiger partial charge is 0.148 e. The van der Waals surface area contributed by atoms with Crippen molar-refractivity contribution < 1.29 is 4.79 Å². The predicted octanol–water partition coefficient (Wildman–Crippen LogP) is 3.29. The summed E-state index contributed by atoms with van der Waals surface area (Å²) in [6.45, 7) is 5.46. The summed E-state index contributed by atoms with van der Waals surface area (Å²) in [6.07, 6.45) is 0.413. The van der Waals surface area contributed by atoms with Crippen molar-refractivity contribution in [2.45, 2.75) is 32.7 Å². The summed E-state index contributed by atoms with van der Waals surface area (Å²) >= 11 is 3.56. The Morgan fingerprint density at radius 3 is 3.00 bits per heavy atom. The van der Waals surface area contributed by atoms with Crippen LogP contribution >= 0.6 is 15.9 Å². The Bertz CT molecular complexity index is 693. The van der Waals surface area contributed by atoms with Crippen molar-refractivity contribution in [2.24, 2.45) is 0 Å². The number of aromatic nitrogens is 2. The molecule has 1 aromatic carbocycles. The zero-order valence-electron chi connectivity index (χ0n) is 12.2. The number of benzene rings is 1. The van der Waals surface area contributed by atoms with Gasteiger partial charge in [-0.15, -0.1) is 0 Å². The quantitative estimate of drug-likeness (QED) is 0.922. The van der Waals surface area contributed by atoms with Crippen molar-refractivity contribution in [2.75, 3.05) is 11.9 Å². The first-order valence-electron chi connectivity index (χ1n) is 7.19. The number of hydrogen-bond acceptors (Lipinski definition) is 3. The number of hydrogen-bond donors (Lipinski definition) is 1. The third-order valence-electron chi connectivity index (χ3n) is 4.02. The van der Waals surface area contributed by atoms with Gasteiger partial charge in [0.1, 0.15) is 5.78 Å². The fourth-order valence-corrected chi connectivity index (χ4v) is 3.32. The lowest BCUT2D eigenvalue weighted by atomic mass is 9.94. The summed E-state index contributed by atoms with van der Waals surface area (Å²) in [5.74, 6) is 0.177. The van der Waals surface area contributed by atoms with E-state index in [-0.39, 0.29) is 11.7 Å². The van der Waals surface area contributed by atoms with E-state index in [4.69, 9.17) is 0 Å². The monoisotopic (exact) mass is 347 g/mol. The van der Waals surface area contributed by atoms with Crippen LogP contribution in [-0.2, 0) is 17.8 Å². The Morgan fingerprint density at radius 2 is 2.24 bits per heavy atom. The topological polar surface area (TPSA) is 46.9 Å². The maximum Gasteiger partial charge on any atom is 0.148 e. The van der Waals surface area contributed by atoms with E-state index in [2.05, 4.69) is 26.3 Å². The molecule has 0 bridgehead atoms. The molecule has 2 aromatic rings. The van der Waals surface area contributed by atoms with Crippen LogP contribution in [0.25, 0.3) is 0 Å². The maximum atomic E-state index is 12.7. The zero-order valence-corrected chi connectivity index (χ0v) is 13.8. The molecular weight excluding hydrogens is 330 g/mol. The van der Waals surface area contributed by atoms with E-state index in [1.54, 1.807) is 0 Å². The van der Waals surface area contributed by atoms with Crippen molar-refractivity contribution in [1.29, 1.82) is 0 Å². The van der Waals surface area contributed by atoms with Gasteiger partial charge >= 0.3 is 0 Å². The highest BCUT2D eigenvalue weighted by atomic mass is 79.9. The highest BCUT2D eigenvalue weighted by molar-refractivity contribution is 9.10. The van der Waals surface area contributed by atoms with Gasteiger partial charge in [-0.1, -0.05) is 18.2 Å². The molecule has 3 rings (SSSR count). The Kier molecular flexibility index (Phi) is 3.85. The lowest BCUT2D eigenvalue weighted by Crippen LogP contribution is -2.19. The molecule has 110 valence electrons. The molecule has 1 aliphatic heterocycles. The standard InChI is InChI=1S/C16H18BrN3O/c1-3-20-14(16(17)10(2)19-20)8-15(21)12-9-18-13-7-5-4-6-11(12)13/h4-7,12,18H,3,8-9H2,1-2H3. The van der Waals surface area contributed by atoms with E-state index in [1.165, 1.54) is 0 Å². The molecule has 2 heterocycles. The van der Waals surface area contributed by atoms with E-state index < -0.39 is 0 Å². The van der Waals surface area contributed by atoms with E-state index in [1.807, 2.05) is 42.8 Å². The zero-order chi connectivity index (χ0) is 15.0. The SMILES string of the molecule is CCn1nc(C)c(Br)c1CC(=O)C1CNc2ccccc21. The molecule has 5 heteroatoms. The average molecular weight is 348 g/mol. The molecule has 0 amide bonds. The number of anilines is 1. The lowest BCUT2D eigenvalue weighted by Gasteiger charge is -2.10. The second kappa shape index (κ2) is 5.64. The summed E-state index contributed by atoms with van der Waals surface area (Å²) in [7, 11) is 0. The molecule has 1 aromatic heterocycles. The Balaban J connectivity index is 1.85. The van der Waals surface area contributed by atoms with Crippen LogP contribution in [0.5, 0.6) is 0 Å². The molecule has 1 unspecified atom stereocenters. The van der Waals surface area contributed by atoms with Gasteiger partial charge in [0, 0.05) is 18.8 Å². The Labute approximate surface area is 132 Å². The third-order valence-corrected chi connectivity index (χ3v) is 5.05. The number of ketones is 1. The van der Waals surface area contributed by atoms with Crippen LogP contribution in [0.2, 0.25) is 0 Å². The van der Waals surface area contributed by atoms with Crippen LogP contribution < -0.4 is 5.32 Å². The van der Waals surface area contributed by atoms with E-state index >= 15 is 0 Å². The molecule has 1 N–H and O–H groups in total. The normalized spacial score (nSPS) is 16.6. The number of para-hydroxylation sites is 1. The molecule has 21 heavy (non-hydrogen) atoms. The largest absolute Gasteiger partial charge is 0.384 e. The molecule has 0 aliphatic carbocycles. The summed E-state index contributed by atoms with van der Waals surface area (Å²) in [5, 5.41) is 7.76. The van der Waals surface area contributed by atoms with Crippen LogP contribution in [0.15, 0.2) is 28.7 Å². The van der Waals surface area contributed by atoms with Crippen LogP contribution in [-0.4, -0.2) is 22.1 Å². The Hall–Kier alpha value is -1.62. The van der Waals surface area contributed by atoms with Crippen molar-refractivity contribution >= 4 is 27.4 Å². The van der Waals surface area contributed by atoms with Crippen molar-refractivity contribution in [3.8, 4) is 0 Å². The van der Waals surface area contributed by atoms with Gasteiger partial charge in [0.25, 0.3) is 0 Å². The van der Waals surface area contributed by atoms with E-state index in [9.17, 15) is 4.79 Å². The molecule has 1 atom stereocenters. The first-order valence-corrected chi connectivity index (χ1v) is 7.98. The molecule has 0 radical (unpaired) electrons. The van der Waals surface area contributed by atoms with Crippen molar-refractivity contribution in [1.82, 2.24) is 9.78 Å². The number of rotatable bonds is 4. The molecule has 1 aliphatic rings. The van der Waals surface area contributed by atoms with Gasteiger partial charge in [-0.05, 0) is 41.4 Å². The molecular formula is C16H18BrN3O. The Morgan fingerprint density at radius 1 is 1.48 bits per heavy atom. The summed E-state index contributed by atoms with van der Waals surface area (Å²) in [5.41, 5.74) is 4.10. The van der Waals surface area contributed by atoms with E-state index in [0.29, 0.717) is 13.0 Å². The molecule has 4 nitrogen and oxygen atoms in total. The summed E-state index contributed by atoms with van der Waals surface area (Å²) < 4.78 is 2.86. The third kappa shape index (κ3) is 2.50. The van der Waals surface area contributed by atoms with Gasteiger partial charge in [-0.2, -0.15) is 5.10 Å². The van der Waals surface area contributed by atoms with Crippen molar-refractivity contribution in [3.05, 3.63) is 45.7 Å². The molecule has 0 fully saturated rings. The number of aryl methyl sites for hydroxylation is 2. The van der Waals surface area contributed by atoms with Crippen LogP contribution in [0.1, 0.15) is 29.8 Å². The maximum absolute atomic E-state index is 12.7. The first kappa shape index (κ1) is 14.3. The minimum Gasteiger partial charge on any atom is -0.384 e. The fraction of sp³-hybridized carbons (Fsp3) is 0.375. The number of Topliss-reactive ketones (excluding diaryl/α,β-unsaturated/α-hetero) is 1. The lowest BCUT2D eigenvalue weighted by molar-refractivity contribution is -0.119. The molecule has 0 spiro atoms. The van der Waals surface area contributed by atoms with Gasteiger partial charge in [0.15, 0.2) is 0 Å². The highest BCUT2D eigenvalue weighted by Crippen LogP contribution is 2.33. The molecule has 0 saturated carbocycles. The number of carbonyl (C=O) groups excluding carboxylic acids is 1. The van der Waals surface area contributed by atoms with Gasteiger partial charge in [-0.25, -0.2) is 0 Å². The number of nitrogens with one attached hydrogen (secondary N) is 1. The fourth-order valence-electron chi connectivity index (χ4n) is 2.90. The number of nitrogens with zero attached hydrogens (tertiary/aromatic N) is 2. The second-order valence-corrected chi connectivity index (χ2v) is 6.12. The average Bonchev–Trinajstić information content (AvgIpc) is 3.03. The summed E-state index contributed by atoms with van der Waals surface area (Å²) in [4.78, 5) is 12.7. The van der Waals surface area contributed by atoms with Gasteiger partial charge in [-0.3, -0.25) is 9.48 Å². The summed E-state index contributed by atoms with van der Waals surface area (Å²) in [6, 6.07) is 8.04. The highest BCUT2D eigenvalue weighted by Gasteiger charge is 2.29. The first-order chi connectivity index (χ1) is 10.1. The van der Waals surface area contributed by atoms with Gasteiger partial charge in [0.2, 0.25) is 0 Å². The van der Waals surface area contributed by atoms with Gasteiger partial charge in [0.05, 0.1) is 28.2 Å². The number of fused-ring (bicyclic) bond motifs is 1. The number of carbonyl (C=O) groups is 1. The second-order valence-electron chi connectivity index (χ2n) is 5.33. The number of halogens is 1. The minimum atomic E-state index is -0.0615. The predicted molar refractivity (Wildman–Crippen MR) is 86.7 cm³/mol. The minimum absolute atomic E-state index is 0.0615. The molecule has 0 saturated heterocycles. The van der Waals surface area contributed by atoms with Crippen LogP contribution in [0.4, 0.5) is 5.69 Å². The van der Waals surface area contributed by atoms with Crippen molar-refractivity contribution in [3.63, 3.8) is 0 Å². The van der Waals surface area contributed by atoms with Crippen LogP contribution in [0.3, 0.4) is 0 Å².